The molecule has 0 aliphatic heterocycles. The maximum absolute atomic E-state index is 4.50. The minimum absolute atomic E-state index is 0. The van der Waals surface area contributed by atoms with E-state index >= 15 is 0 Å². The van der Waals surface area contributed by atoms with Crippen molar-refractivity contribution in [2.45, 2.75) is 0 Å². The Balaban J connectivity index is -0.00000000333. The van der Waals surface area contributed by atoms with E-state index in [-0.39, 0.29) is 111 Å². The molecule has 40 valence electrons. The predicted octanol–water partition coefficient (Wildman–Crippen LogP) is -7.10. The summed E-state index contributed by atoms with van der Waals surface area (Å²) in [5, 5.41) is 4.50. The molecule has 0 aliphatic carbocycles. The molecule has 0 aromatic heterocycles. The molecule has 0 atom stereocenters. The summed E-state index contributed by atoms with van der Waals surface area (Å²) in [4.78, 5) is 0. The van der Waals surface area contributed by atoms with Crippen molar-refractivity contribution in [3.8, 4) is 0 Å². The Kier molecular flexibility index (Phi) is 163. The van der Waals surface area contributed by atoms with Crippen LogP contribution < -0.4 is 35.1 Å². The van der Waals surface area contributed by atoms with Crippen LogP contribution in [0.3, 0.4) is 0 Å². The third kappa shape index (κ3) is 47.8. The Morgan fingerprint density at radius 1 is 1.43 bits per heavy atom. The van der Waals surface area contributed by atoms with Crippen LogP contribution in [0.25, 0.3) is 0 Å². The fourth-order valence-electron chi connectivity index (χ4n) is 0. The maximum Gasteiger partial charge on any atom is 0 e. The normalized spacial score (nSPS) is 1.71. The van der Waals surface area contributed by atoms with E-state index in [9.17, 15) is 0 Å². The average Bonchev–Trinajstić information content (AvgIpc) is 0.918. The molecule has 2 nitrogen and oxygen atoms in total. The zero-order valence-electron chi connectivity index (χ0n) is 3.32. The van der Waals surface area contributed by atoms with Gasteiger partial charge in [-0.05, 0) is 0 Å². The Morgan fingerprint density at radius 3 is 1.43 bits per heavy atom. The van der Waals surface area contributed by atoms with Crippen molar-refractivity contribution in [1.82, 2.24) is 0 Å². The van der Waals surface area contributed by atoms with Crippen LogP contribution in [0, 0.1) is 0 Å². The van der Waals surface area contributed by atoms with E-state index in [4.69, 9.17) is 0 Å². The number of hydrogen-bond acceptors (Lipinski definition) is 0. The van der Waals surface area contributed by atoms with Crippen molar-refractivity contribution in [2.24, 2.45) is 5.73 Å². The molecule has 0 aromatic rings. The summed E-state index contributed by atoms with van der Waals surface area (Å²) < 4.78 is 0. The zero-order valence-corrected chi connectivity index (χ0v) is 12.5. The standard InChI is InChI=1S/CH4N2.Ca.HI.Pb.Ti.4H/c2-1-3;;;;;;;;/h1H,(H3,2,3);;1H;;;;;;. The number of nitrogens with two attached hydrogens (primary N) is 2. The van der Waals surface area contributed by atoms with Gasteiger partial charge in [-0.15, -0.1) is 0 Å². The van der Waals surface area contributed by atoms with Crippen molar-refractivity contribution in [2.75, 3.05) is 0 Å². The van der Waals surface area contributed by atoms with Gasteiger partial charge in [-0.3, -0.25) is 11.1 Å². The Hall–Kier alpha value is 3.10. The van der Waals surface area contributed by atoms with Gasteiger partial charge in [0, 0.05) is 21.7 Å². The largest absolute Gasteiger partial charge is 0 e. The van der Waals surface area contributed by atoms with Crippen LogP contribution in [0.5, 0.6) is 0 Å². The smallest absolute Gasteiger partial charge is 0 e. The van der Waals surface area contributed by atoms with Gasteiger partial charge in [0.05, 0.1) is 0 Å². The first-order valence-corrected chi connectivity index (χ1v) is 0.667. The Morgan fingerprint density at radius 2 is 1.43 bits per heavy atom. The molecule has 0 aliphatic rings. The van der Waals surface area contributed by atoms with E-state index < -0.39 is 0 Å². The van der Waals surface area contributed by atoms with Crippen molar-refractivity contribution in [3.05, 3.63) is 0 Å². The second-order valence-electron chi connectivity index (χ2n) is 0.192. The molecule has 2 radical (unpaired) electrons. The van der Waals surface area contributed by atoms with E-state index in [0.717, 1.165) is 6.34 Å². The van der Waals surface area contributed by atoms with E-state index in [2.05, 4.69) is 11.1 Å². The van der Waals surface area contributed by atoms with Gasteiger partial charge in [0.15, 0.2) is 0 Å². The number of rotatable bonds is 0. The van der Waals surface area contributed by atoms with Crippen molar-refractivity contribution in [3.63, 3.8) is 0 Å². The van der Waals surface area contributed by atoms with E-state index in [1.807, 2.05) is 0 Å². The predicted molar refractivity (Wildman–Crippen MR) is 29.3 cm³/mol. The van der Waals surface area contributed by atoms with Crippen molar-refractivity contribution >= 4 is 71.4 Å². The molecule has 4 N–H and O–H groups in total. The second kappa shape index (κ2) is 35.5. The minimum atomic E-state index is 0. The molecular formula is CH9CaIN2PbTi. The summed E-state index contributed by atoms with van der Waals surface area (Å²) in [5.41, 5.74) is 4.50. The topological polar surface area (TPSA) is 51.6 Å². The van der Waals surface area contributed by atoms with Gasteiger partial charge in [0.25, 0.3) is 0 Å². The second-order valence-corrected chi connectivity index (χ2v) is 0.192. The molecule has 0 heterocycles. The Labute approximate surface area is 125 Å². The van der Waals surface area contributed by atoms with Crippen molar-refractivity contribution < 1.29 is 51.1 Å². The third-order valence-corrected chi connectivity index (χ3v) is 0. The van der Waals surface area contributed by atoms with E-state index in [1.165, 1.54) is 0 Å². The van der Waals surface area contributed by atoms with Crippen LogP contribution in [-0.2, 0) is 21.7 Å². The first kappa shape index (κ1) is 32.2. The zero-order chi connectivity index (χ0) is 2.71. The molecule has 0 aromatic carbocycles. The minimum Gasteiger partial charge on any atom is 0 e. The molecule has 0 bridgehead atoms. The molecule has 0 unspecified atom stereocenters. The quantitative estimate of drug-likeness (QED) is 0.157. The van der Waals surface area contributed by atoms with Crippen LogP contribution in [0.15, 0.2) is 0 Å². The van der Waals surface area contributed by atoms with Gasteiger partial charge >= 0.3 is 65.0 Å². The van der Waals surface area contributed by atoms with E-state index in [1.54, 1.807) is 0 Å². The monoisotopic (exact) mass is 472 g/mol. The molecule has 6 heteroatoms. The summed E-state index contributed by atoms with van der Waals surface area (Å²) in [6.07, 6.45) is 1.00. The molecule has 0 amide bonds. The van der Waals surface area contributed by atoms with Gasteiger partial charge in [-0.1, -0.05) is 0 Å². The number of halogens is 1. The van der Waals surface area contributed by atoms with E-state index in [0.29, 0.717) is 0 Å². The summed E-state index contributed by atoms with van der Waals surface area (Å²) in [6, 6.07) is 0. The summed E-state index contributed by atoms with van der Waals surface area (Å²) in [7, 11) is 0. The number of hydrogen-bond donors (Lipinski definition) is 2. The molecule has 0 saturated heterocycles. The fraction of sp³-hybridized carbons (Fsp3) is 0. The van der Waals surface area contributed by atoms with Crippen LogP contribution in [0.2, 0.25) is 0 Å². The van der Waals surface area contributed by atoms with Crippen LogP contribution in [-0.4, -0.2) is 71.4 Å². The summed E-state index contributed by atoms with van der Waals surface area (Å²) >= 11 is 0. The molecule has 0 rings (SSSR count). The van der Waals surface area contributed by atoms with Crippen LogP contribution in [0.1, 0.15) is 0 Å². The fourth-order valence-corrected chi connectivity index (χ4v) is 0. The molecule has 7 heavy (non-hydrogen) atoms. The third-order valence-electron chi connectivity index (χ3n) is 0. The first-order chi connectivity index (χ1) is 1.41. The maximum atomic E-state index is 4.50. The average molecular weight is 471 g/mol. The van der Waals surface area contributed by atoms with Gasteiger partial charge in [0.1, 0.15) is 0 Å². The summed E-state index contributed by atoms with van der Waals surface area (Å²) in [6.45, 7) is 0. The Bertz CT molecular complexity index is 25.2. The van der Waals surface area contributed by atoms with Crippen LogP contribution in [0.4, 0.5) is 0 Å². The van der Waals surface area contributed by atoms with Gasteiger partial charge in [-0.2, -0.15) is 0 Å². The molecule has 0 saturated carbocycles. The van der Waals surface area contributed by atoms with Crippen molar-refractivity contribution in [1.29, 1.82) is 0 Å². The SMILES string of the molecule is NC=[NH2+].[CaH2].[I-].[PbH2].[Ti]. The van der Waals surface area contributed by atoms with Gasteiger partial charge < -0.3 is 24.0 Å². The van der Waals surface area contributed by atoms with Gasteiger partial charge in [0.2, 0.25) is 6.34 Å². The van der Waals surface area contributed by atoms with Crippen LogP contribution >= 0.6 is 0 Å². The molecule has 0 fully saturated rings. The summed E-state index contributed by atoms with van der Waals surface area (Å²) in [5.74, 6) is 0. The molecular weight excluding hydrogens is 462 g/mol. The first-order valence-electron chi connectivity index (χ1n) is 0.667. The molecule has 0 spiro atoms. The van der Waals surface area contributed by atoms with Gasteiger partial charge in [-0.25, -0.2) is 0 Å².